The number of carbonyl (C=O) groups excluding carboxylic acids is 2. The molecule has 1 unspecified atom stereocenters. The average Bonchev–Trinajstić information content (AvgIpc) is 3.49. The van der Waals surface area contributed by atoms with Crippen LogP contribution in [0.25, 0.3) is 10.6 Å². The number of nitrogens with one attached hydrogen (secondary N) is 2. The van der Waals surface area contributed by atoms with E-state index >= 15 is 0 Å². The minimum Gasteiger partial charge on any atom is -0.497 e. The van der Waals surface area contributed by atoms with Crippen LogP contribution in [0.5, 0.6) is 5.75 Å². The molecule has 1 aliphatic rings. The molecule has 4 rings (SSSR count). The van der Waals surface area contributed by atoms with Crippen LogP contribution >= 0.6 is 11.3 Å². The minimum atomic E-state index is -0.660. The zero-order valence-corrected chi connectivity index (χ0v) is 18.4. The molecule has 2 heterocycles. The monoisotopic (exact) mass is 468 g/mol. The van der Waals surface area contributed by atoms with E-state index in [9.17, 15) is 19.7 Å². The maximum Gasteiger partial charge on any atom is 0.322 e. The summed E-state index contributed by atoms with van der Waals surface area (Å²) >= 11 is 1.22. The Bertz CT molecular complexity index is 1180. The molecule has 0 saturated carbocycles. The van der Waals surface area contributed by atoms with E-state index in [2.05, 4.69) is 20.8 Å². The van der Waals surface area contributed by atoms with E-state index in [1.165, 1.54) is 40.5 Å². The molecule has 0 spiro atoms. The molecule has 2 N–H and O–H groups in total. The number of carbonyl (C=O) groups is 2. The third-order valence-electron chi connectivity index (χ3n) is 5.12. The highest BCUT2D eigenvalue weighted by atomic mass is 32.1. The van der Waals surface area contributed by atoms with Crippen molar-refractivity contribution in [3.8, 4) is 16.3 Å². The number of rotatable bonds is 6. The molecule has 3 aromatic rings. The Balaban J connectivity index is 1.40. The van der Waals surface area contributed by atoms with Crippen molar-refractivity contribution in [3.63, 3.8) is 0 Å². The Kier molecular flexibility index (Phi) is 6.45. The van der Waals surface area contributed by atoms with E-state index in [0.29, 0.717) is 41.0 Å². The maximum atomic E-state index is 12.9. The molecule has 1 fully saturated rings. The van der Waals surface area contributed by atoms with Gasteiger partial charge in [0.25, 0.3) is 5.69 Å². The van der Waals surface area contributed by atoms with Crippen molar-refractivity contribution in [1.82, 2.24) is 15.1 Å². The zero-order chi connectivity index (χ0) is 23.4. The largest absolute Gasteiger partial charge is 0.497 e. The second-order valence-corrected chi connectivity index (χ2v) is 8.20. The van der Waals surface area contributed by atoms with Crippen LogP contribution in [0.4, 0.5) is 21.3 Å². The molecule has 3 amide bonds. The number of methoxy groups -OCH3 is 1. The smallest absolute Gasteiger partial charge is 0.322 e. The minimum absolute atomic E-state index is 0.0724. The first kappa shape index (κ1) is 22.1. The van der Waals surface area contributed by atoms with Gasteiger partial charge in [-0.3, -0.25) is 20.2 Å². The molecule has 170 valence electrons. The Hall–Kier alpha value is -4.06. The number of ether oxygens (including phenoxy) is 1. The van der Waals surface area contributed by atoms with Gasteiger partial charge in [0.15, 0.2) is 0 Å². The quantitative estimate of drug-likeness (QED) is 0.415. The lowest BCUT2D eigenvalue weighted by Gasteiger charge is -2.23. The number of likely N-dealkylation sites (tertiary alicyclic amines) is 1. The van der Waals surface area contributed by atoms with Crippen LogP contribution in [-0.4, -0.2) is 51.7 Å². The summed E-state index contributed by atoms with van der Waals surface area (Å²) in [5.41, 5.74) is 1.15. The Morgan fingerprint density at radius 2 is 1.97 bits per heavy atom. The van der Waals surface area contributed by atoms with Gasteiger partial charge in [-0.05, 0) is 37.1 Å². The van der Waals surface area contributed by atoms with Gasteiger partial charge >= 0.3 is 6.03 Å². The van der Waals surface area contributed by atoms with E-state index in [1.807, 2.05) is 24.3 Å². The van der Waals surface area contributed by atoms with E-state index < -0.39 is 17.0 Å². The highest BCUT2D eigenvalue weighted by Gasteiger charge is 2.34. The van der Waals surface area contributed by atoms with Gasteiger partial charge in [-0.15, -0.1) is 10.2 Å². The van der Waals surface area contributed by atoms with Crippen molar-refractivity contribution in [3.05, 3.63) is 58.6 Å². The van der Waals surface area contributed by atoms with Crippen LogP contribution in [0.3, 0.4) is 0 Å². The summed E-state index contributed by atoms with van der Waals surface area (Å²) in [6, 6.07) is 11.8. The van der Waals surface area contributed by atoms with Gasteiger partial charge in [0.2, 0.25) is 11.0 Å². The van der Waals surface area contributed by atoms with Crippen molar-refractivity contribution in [1.29, 1.82) is 0 Å². The number of nitrogens with zero attached hydrogens (tertiary/aromatic N) is 4. The molecule has 1 saturated heterocycles. The van der Waals surface area contributed by atoms with E-state index in [4.69, 9.17) is 4.74 Å². The lowest BCUT2D eigenvalue weighted by Crippen LogP contribution is -2.45. The first-order valence-electron chi connectivity index (χ1n) is 10.1. The average molecular weight is 468 g/mol. The molecule has 0 aliphatic carbocycles. The number of aromatic nitrogens is 2. The Labute approximate surface area is 192 Å². The number of nitro benzene ring substituents is 1. The van der Waals surface area contributed by atoms with E-state index in [-0.39, 0.29) is 11.6 Å². The van der Waals surface area contributed by atoms with Gasteiger partial charge in [0, 0.05) is 29.9 Å². The molecule has 1 aromatic heterocycles. The number of hydrogen-bond acceptors (Lipinski definition) is 8. The lowest BCUT2D eigenvalue weighted by molar-refractivity contribution is -0.384. The number of non-ortho nitro benzene ring substituents is 1. The second-order valence-electron chi connectivity index (χ2n) is 7.22. The van der Waals surface area contributed by atoms with Crippen LogP contribution in [0.1, 0.15) is 12.8 Å². The summed E-state index contributed by atoms with van der Waals surface area (Å²) in [6.07, 6.45) is 1.19. The van der Waals surface area contributed by atoms with Gasteiger partial charge < -0.3 is 15.0 Å². The summed E-state index contributed by atoms with van der Waals surface area (Å²) < 4.78 is 5.22. The van der Waals surface area contributed by atoms with Gasteiger partial charge in [-0.2, -0.15) is 0 Å². The number of urea groups is 1. The van der Waals surface area contributed by atoms with Gasteiger partial charge in [0.05, 0.1) is 12.0 Å². The highest BCUT2D eigenvalue weighted by Crippen LogP contribution is 2.29. The van der Waals surface area contributed by atoms with Crippen LogP contribution in [0.15, 0.2) is 48.5 Å². The van der Waals surface area contributed by atoms with E-state index in [0.717, 1.165) is 5.56 Å². The van der Waals surface area contributed by atoms with Gasteiger partial charge in [-0.1, -0.05) is 23.5 Å². The number of amides is 3. The first-order valence-corrected chi connectivity index (χ1v) is 10.9. The Morgan fingerprint density at radius 3 is 2.70 bits per heavy atom. The highest BCUT2D eigenvalue weighted by molar-refractivity contribution is 7.18. The fraction of sp³-hybridized carbons (Fsp3) is 0.238. The number of hydrogen-bond donors (Lipinski definition) is 2. The summed E-state index contributed by atoms with van der Waals surface area (Å²) in [5.74, 6) is 0.341. The Morgan fingerprint density at radius 1 is 1.18 bits per heavy atom. The molecular formula is C21H20N6O5S. The third kappa shape index (κ3) is 5.06. The molecule has 1 atom stereocenters. The van der Waals surface area contributed by atoms with Crippen LogP contribution < -0.4 is 15.4 Å². The number of nitro groups is 1. The van der Waals surface area contributed by atoms with Crippen LogP contribution in [0, 0.1) is 10.1 Å². The second kappa shape index (κ2) is 9.61. The molecule has 11 nitrogen and oxygen atoms in total. The van der Waals surface area contributed by atoms with Crippen molar-refractivity contribution in [2.75, 3.05) is 24.3 Å². The molecule has 1 aliphatic heterocycles. The van der Waals surface area contributed by atoms with Crippen molar-refractivity contribution >= 4 is 39.8 Å². The number of anilines is 2. The SMILES string of the molecule is COc1cccc(-c2nnc(NC(=O)C3CCCN3C(=O)Nc3ccc([N+](=O)[O-])cc3)s2)c1. The summed E-state index contributed by atoms with van der Waals surface area (Å²) in [7, 11) is 1.58. The van der Waals surface area contributed by atoms with Crippen molar-refractivity contribution < 1.29 is 19.2 Å². The molecule has 0 radical (unpaired) electrons. The molecule has 0 bridgehead atoms. The fourth-order valence-electron chi connectivity index (χ4n) is 3.48. The fourth-order valence-corrected chi connectivity index (χ4v) is 4.22. The van der Waals surface area contributed by atoms with Gasteiger partial charge in [-0.25, -0.2) is 4.79 Å². The first-order chi connectivity index (χ1) is 15.9. The third-order valence-corrected chi connectivity index (χ3v) is 6.01. The predicted molar refractivity (Wildman–Crippen MR) is 122 cm³/mol. The predicted octanol–water partition coefficient (Wildman–Crippen LogP) is 3.76. The summed E-state index contributed by atoms with van der Waals surface area (Å²) in [4.78, 5) is 37.3. The number of benzene rings is 2. The lowest BCUT2D eigenvalue weighted by atomic mass is 10.2. The molecule has 2 aromatic carbocycles. The molecular weight excluding hydrogens is 448 g/mol. The molecule has 12 heteroatoms. The summed E-state index contributed by atoms with van der Waals surface area (Å²) in [5, 5.41) is 25.3. The maximum absolute atomic E-state index is 12.9. The zero-order valence-electron chi connectivity index (χ0n) is 17.6. The normalized spacial score (nSPS) is 15.2. The van der Waals surface area contributed by atoms with Crippen LogP contribution in [-0.2, 0) is 4.79 Å². The molecule has 33 heavy (non-hydrogen) atoms. The standard InChI is InChI=1S/C21H20N6O5S/c1-32-16-5-2-4-13(12-16)19-24-25-20(33-19)23-18(28)17-6-3-11-26(17)21(29)22-14-7-9-15(10-8-14)27(30)31/h2,4-5,7-10,12,17H,3,6,11H2,1H3,(H,22,29)(H,23,25,28). The van der Waals surface area contributed by atoms with E-state index in [1.54, 1.807) is 7.11 Å². The topological polar surface area (TPSA) is 140 Å². The van der Waals surface area contributed by atoms with Gasteiger partial charge in [0.1, 0.15) is 16.8 Å². The van der Waals surface area contributed by atoms with Crippen LogP contribution in [0.2, 0.25) is 0 Å². The van der Waals surface area contributed by atoms with Crippen molar-refractivity contribution in [2.24, 2.45) is 0 Å². The summed E-state index contributed by atoms with van der Waals surface area (Å²) in [6.45, 7) is 0.419. The van der Waals surface area contributed by atoms with Crippen molar-refractivity contribution in [2.45, 2.75) is 18.9 Å².